The number of benzene rings is 1. The van der Waals surface area contributed by atoms with E-state index in [1.54, 1.807) is 12.1 Å². The monoisotopic (exact) mass is 304 g/mol. The van der Waals surface area contributed by atoms with Gasteiger partial charge < -0.3 is 5.32 Å². The number of amides is 1. The van der Waals surface area contributed by atoms with Gasteiger partial charge in [0.2, 0.25) is 0 Å². The smallest absolute Gasteiger partial charge is 0.264 e. The molecule has 0 atom stereocenters. The maximum absolute atomic E-state index is 12.7. The Hall–Kier alpha value is -1.17. The van der Waals surface area contributed by atoms with Gasteiger partial charge in [0, 0.05) is 6.54 Å². The van der Waals surface area contributed by atoms with Gasteiger partial charge in [0.1, 0.15) is 15.7 Å². The van der Waals surface area contributed by atoms with Crippen LogP contribution in [0.5, 0.6) is 0 Å². The van der Waals surface area contributed by atoms with E-state index in [0.29, 0.717) is 0 Å². The summed E-state index contributed by atoms with van der Waals surface area (Å²) in [4.78, 5) is 12.0. The number of nitrogens with one attached hydrogen (secondary N) is 1. The van der Waals surface area contributed by atoms with Crippen molar-refractivity contribution in [1.82, 2.24) is 9.69 Å². The zero-order valence-corrected chi connectivity index (χ0v) is 11.2. The number of nitrogens with zero attached hydrogens (tertiary/aromatic N) is 1. The van der Waals surface area contributed by atoms with Crippen LogP contribution in [-0.4, -0.2) is 10.3 Å². The van der Waals surface area contributed by atoms with Crippen molar-refractivity contribution in [3.63, 3.8) is 0 Å². The minimum atomic E-state index is -0.353. The Labute approximate surface area is 117 Å². The van der Waals surface area contributed by atoms with Crippen LogP contribution < -0.4 is 5.32 Å². The molecule has 3 nitrogen and oxygen atoms in total. The molecule has 0 aliphatic heterocycles. The molecule has 0 saturated heterocycles. The van der Waals surface area contributed by atoms with E-state index in [1.165, 1.54) is 12.1 Å². The summed E-state index contributed by atoms with van der Waals surface area (Å²) in [6, 6.07) is 5.85. The molecule has 0 aliphatic carbocycles. The molecule has 1 heterocycles. The first-order valence-corrected chi connectivity index (χ1v) is 6.44. The SMILES string of the molecule is O=C(NCc1ccc(F)cc1)c1snc(Cl)c1Cl. The van der Waals surface area contributed by atoms with E-state index in [2.05, 4.69) is 9.69 Å². The average Bonchev–Trinajstić information content (AvgIpc) is 2.69. The second-order valence-corrected chi connectivity index (χ2v) is 4.94. The average molecular weight is 305 g/mol. The van der Waals surface area contributed by atoms with Crippen LogP contribution in [0.3, 0.4) is 0 Å². The van der Waals surface area contributed by atoms with Crippen molar-refractivity contribution in [3.05, 3.63) is 50.7 Å². The molecule has 18 heavy (non-hydrogen) atoms. The summed E-state index contributed by atoms with van der Waals surface area (Å²) in [5.41, 5.74) is 0.788. The zero-order valence-electron chi connectivity index (χ0n) is 8.91. The predicted octanol–water partition coefficient (Wildman–Crippen LogP) is 3.52. The van der Waals surface area contributed by atoms with Crippen LogP contribution in [0.15, 0.2) is 24.3 Å². The number of carbonyl (C=O) groups excluding carboxylic acids is 1. The second-order valence-electron chi connectivity index (χ2n) is 3.43. The quantitative estimate of drug-likeness (QED) is 0.942. The molecule has 1 amide bonds. The lowest BCUT2D eigenvalue weighted by atomic mass is 10.2. The van der Waals surface area contributed by atoms with Gasteiger partial charge in [-0.25, -0.2) is 4.39 Å². The summed E-state index contributed by atoms with van der Waals surface area (Å²) in [6.07, 6.45) is 0. The van der Waals surface area contributed by atoms with Gasteiger partial charge in [-0.1, -0.05) is 35.3 Å². The molecule has 2 aromatic rings. The van der Waals surface area contributed by atoms with Gasteiger partial charge in [-0.3, -0.25) is 4.79 Å². The fraction of sp³-hybridized carbons (Fsp3) is 0.0909. The number of carbonyl (C=O) groups is 1. The first-order valence-electron chi connectivity index (χ1n) is 4.91. The van der Waals surface area contributed by atoms with Crippen molar-refractivity contribution in [2.75, 3.05) is 0 Å². The van der Waals surface area contributed by atoms with E-state index in [4.69, 9.17) is 23.2 Å². The van der Waals surface area contributed by atoms with Crippen molar-refractivity contribution in [3.8, 4) is 0 Å². The summed E-state index contributed by atoms with van der Waals surface area (Å²) in [5.74, 6) is -0.670. The minimum Gasteiger partial charge on any atom is -0.347 e. The zero-order chi connectivity index (χ0) is 13.1. The highest BCUT2D eigenvalue weighted by Gasteiger charge is 2.16. The lowest BCUT2D eigenvalue weighted by molar-refractivity contribution is 0.0955. The molecule has 0 radical (unpaired) electrons. The Morgan fingerprint density at radius 2 is 2.00 bits per heavy atom. The molecule has 2 rings (SSSR count). The third-order valence-corrected chi connectivity index (χ3v) is 3.97. The number of hydrogen-bond acceptors (Lipinski definition) is 3. The summed E-state index contributed by atoms with van der Waals surface area (Å²) in [5, 5.41) is 2.93. The maximum atomic E-state index is 12.7. The number of aromatic nitrogens is 1. The molecular formula is C11H7Cl2FN2OS. The highest BCUT2D eigenvalue weighted by molar-refractivity contribution is 7.09. The highest BCUT2D eigenvalue weighted by atomic mass is 35.5. The van der Waals surface area contributed by atoms with E-state index in [9.17, 15) is 9.18 Å². The molecule has 1 aromatic heterocycles. The standard InChI is InChI=1S/C11H7Cl2FN2OS/c12-8-9(18-16-10(8)13)11(17)15-5-6-1-3-7(14)4-2-6/h1-4H,5H2,(H,15,17). The largest absolute Gasteiger partial charge is 0.347 e. The van der Waals surface area contributed by atoms with E-state index in [1.807, 2.05) is 0 Å². The van der Waals surface area contributed by atoms with Crippen molar-refractivity contribution < 1.29 is 9.18 Å². The molecule has 0 fully saturated rings. The molecule has 7 heteroatoms. The van der Waals surface area contributed by atoms with Gasteiger partial charge in [0.05, 0.1) is 0 Å². The summed E-state index contributed by atoms with van der Waals surface area (Å²) in [6.45, 7) is 0.283. The fourth-order valence-corrected chi connectivity index (χ4v) is 2.40. The minimum absolute atomic E-state index is 0.119. The van der Waals surface area contributed by atoms with Gasteiger partial charge in [0.15, 0.2) is 5.15 Å². The second kappa shape index (κ2) is 5.65. The summed E-state index contributed by atoms with van der Waals surface area (Å²) < 4.78 is 16.4. The van der Waals surface area contributed by atoms with Gasteiger partial charge in [-0.15, -0.1) is 0 Å². The molecule has 0 spiro atoms. The first kappa shape index (κ1) is 13.3. The third-order valence-electron chi connectivity index (χ3n) is 2.17. The molecule has 1 aromatic carbocycles. The molecule has 0 saturated carbocycles. The van der Waals surface area contributed by atoms with Gasteiger partial charge in [-0.05, 0) is 29.2 Å². The topological polar surface area (TPSA) is 42.0 Å². The molecule has 0 unspecified atom stereocenters. The molecule has 1 N–H and O–H groups in total. The number of hydrogen-bond donors (Lipinski definition) is 1. The van der Waals surface area contributed by atoms with Gasteiger partial charge in [0.25, 0.3) is 5.91 Å². The Balaban J connectivity index is 2.00. The predicted molar refractivity (Wildman–Crippen MR) is 69.7 cm³/mol. The third kappa shape index (κ3) is 2.98. The highest BCUT2D eigenvalue weighted by Crippen LogP contribution is 2.28. The number of halogens is 3. The van der Waals surface area contributed by atoms with E-state index < -0.39 is 0 Å². The van der Waals surface area contributed by atoms with Crippen molar-refractivity contribution >= 4 is 40.6 Å². The van der Waals surface area contributed by atoms with Crippen LogP contribution in [0.2, 0.25) is 10.2 Å². The lowest BCUT2D eigenvalue weighted by Crippen LogP contribution is -2.22. The molecule has 94 valence electrons. The van der Waals surface area contributed by atoms with Crippen LogP contribution in [-0.2, 0) is 6.54 Å². The van der Waals surface area contributed by atoms with Crippen molar-refractivity contribution in [2.24, 2.45) is 0 Å². The van der Waals surface area contributed by atoms with Crippen molar-refractivity contribution in [2.45, 2.75) is 6.54 Å². The van der Waals surface area contributed by atoms with E-state index in [-0.39, 0.29) is 33.3 Å². The first-order chi connectivity index (χ1) is 8.58. The summed E-state index contributed by atoms with van der Waals surface area (Å²) >= 11 is 12.4. The van der Waals surface area contributed by atoms with Crippen LogP contribution in [0, 0.1) is 5.82 Å². The van der Waals surface area contributed by atoms with Crippen LogP contribution in [0.4, 0.5) is 4.39 Å². The summed E-state index contributed by atoms with van der Waals surface area (Å²) in [7, 11) is 0. The van der Waals surface area contributed by atoms with Crippen LogP contribution in [0.25, 0.3) is 0 Å². The fourth-order valence-electron chi connectivity index (χ4n) is 1.27. The number of rotatable bonds is 3. The van der Waals surface area contributed by atoms with Crippen molar-refractivity contribution in [1.29, 1.82) is 0 Å². The normalized spacial score (nSPS) is 10.4. The Bertz CT molecular complexity index is 571. The molecular weight excluding hydrogens is 298 g/mol. The van der Waals surface area contributed by atoms with E-state index in [0.717, 1.165) is 17.1 Å². The van der Waals surface area contributed by atoms with Gasteiger partial charge >= 0.3 is 0 Å². The Morgan fingerprint density at radius 1 is 1.33 bits per heavy atom. The van der Waals surface area contributed by atoms with Crippen LogP contribution >= 0.6 is 34.7 Å². The maximum Gasteiger partial charge on any atom is 0.264 e. The Kier molecular flexibility index (Phi) is 4.16. The Morgan fingerprint density at radius 3 is 2.56 bits per heavy atom. The lowest BCUT2D eigenvalue weighted by Gasteiger charge is -2.03. The molecule has 0 bridgehead atoms. The van der Waals surface area contributed by atoms with Gasteiger partial charge in [-0.2, -0.15) is 4.37 Å². The van der Waals surface area contributed by atoms with Crippen LogP contribution in [0.1, 0.15) is 15.2 Å². The molecule has 0 aliphatic rings. The van der Waals surface area contributed by atoms with E-state index >= 15 is 0 Å².